The van der Waals surface area contributed by atoms with E-state index in [0.29, 0.717) is 6.04 Å². The molecular formula is C13H16N4S. The molecule has 0 amide bonds. The summed E-state index contributed by atoms with van der Waals surface area (Å²) >= 11 is 1.77. The molecule has 0 spiro atoms. The van der Waals surface area contributed by atoms with Gasteiger partial charge in [-0.3, -0.25) is 0 Å². The lowest BCUT2D eigenvalue weighted by Gasteiger charge is -2.26. The van der Waals surface area contributed by atoms with Gasteiger partial charge in [0, 0.05) is 12.2 Å². The molecule has 1 aromatic carbocycles. The summed E-state index contributed by atoms with van der Waals surface area (Å²) in [5, 5.41) is 9.44. The van der Waals surface area contributed by atoms with Crippen LogP contribution in [0.5, 0.6) is 0 Å². The summed E-state index contributed by atoms with van der Waals surface area (Å²) in [5.74, 6) is 2.02. The number of aromatic nitrogens is 3. The van der Waals surface area contributed by atoms with Crippen molar-refractivity contribution in [3.05, 3.63) is 41.7 Å². The number of thioether (sulfide) groups is 1. The number of fused-ring (bicyclic) bond motifs is 1. The van der Waals surface area contributed by atoms with E-state index < -0.39 is 0 Å². The van der Waals surface area contributed by atoms with Crippen LogP contribution in [-0.4, -0.2) is 20.6 Å². The van der Waals surface area contributed by atoms with Crippen LogP contribution in [0.4, 0.5) is 0 Å². The van der Waals surface area contributed by atoms with Crippen molar-refractivity contribution in [1.82, 2.24) is 14.9 Å². The Morgan fingerprint density at radius 1 is 1.33 bits per heavy atom. The summed E-state index contributed by atoms with van der Waals surface area (Å²) in [7, 11) is 0. The van der Waals surface area contributed by atoms with E-state index in [1.807, 2.05) is 6.07 Å². The Morgan fingerprint density at radius 2 is 2.17 bits per heavy atom. The summed E-state index contributed by atoms with van der Waals surface area (Å²) in [6.45, 7) is 2.16. The number of hydrogen-bond acceptors (Lipinski definition) is 4. The first-order valence-electron chi connectivity index (χ1n) is 6.27. The van der Waals surface area contributed by atoms with Gasteiger partial charge < -0.3 is 5.43 Å². The average molecular weight is 260 g/mol. The van der Waals surface area contributed by atoms with Crippen LogP contribution < -0.4 is 5.43 Å². The normalized spacial score (nSPS) is 18.2. The van der Waals surface area contributed by atoms with Gasteiger partial charge in [0.15, 0.2) is 5.82 Å². The molecule has 1 aliphatic rings. The van der Waals surface area contributed by atoms with E-state index in [2.05, 4.69) is 51.5 Å². The van der Waals surface area contributed by atoms with Gasteiger partial charge in [-0.25, -0.2) is 4.68 Å². The van der Waals surface area contributed by atoms with Crippen molar-refractivity contribution in [2.75, 3.05) is 11.2 Å². The van der Waals surface area contributed by atoms with E-state index in [1.54, 1.807) is 11.8 Å². The first-order chi connectivity index (χ1) is 8.88. The van der Waals surface area contributed by atoms with Gasteiger partial charge in [0.2, 0.25) is 5.16 Å². The third kappa shape index (κ3) is 2.10. The average Bonchev–Trinajstić information content (AvgIpc) is 2.83. The Labute approximate surface area is 111 Å². The maximum atomic E-state index is 4.25. The summed E-state index contributed by atoms with van der Waals surface area (Å²) in [6, 6.07) is 10.9. The number of rotatable bonds is 3. The Morgan fingerprint density at radius 3 is 2.94 bits per heavy atom. The van der Waals surface area contributed by atoms with Crippen molar-refractivity contribution < 1.29 is 0 Å². The molecule has 1 unspecified atom stereocenters. The molecule has 0 bridgehead atoms. The quantitative estimate of drug-likeness (QED) is 0.921. The molecule has 3 rings (SSSR count). The summed E-state index contributed by atoms with van der Waals surface area (Å²) in [4.78, 5) is 0. The van der Waals surface area contributed by atoms with Crippen LogP contribution in [0.1, 0.15) is 30.8 Å². The third-order valence-electron chi connectivity index (χ3n) is 3.04. The molecule has 4 nitrogen and oxygen atoms in total. The van der Waals surface area contributed by atoms with Gasteiger partial charge in [-0.15, -0.1) is 10.2 Å². The highest BCUT2D eigenvalue weighted by Crippen LogP contribution is 2.29. The van der Waals surface area contributed by atoms with Gasteiger partial charge in [-0.2, -0.15) is 0 Å². The minimum absolute atomic E-state index is 0.329. The van der Waals surface area contributed by atoms with E-state index in [1.165, 1.54) is 5.56 Å². The zero-order valence-corrected chi connectivity index (χ0v) is 11.2. The van der Waals surface area contributed by atoms with Gasteiger partial charge in [-0.05, 0) is 12.0 Å². The van der Waals surface area contributed by atoms with Crippen molar-refractivity contribution in [2.45, 2.75) is 31.0 Å². The summed E-state index contributed by atoms with van der Waals surface area (Å²) in [6.07, 6.45) is 2.04. The molecule has 0 fully saturated rings. The lowest BCUT2D eigenvalue weighted by atomic mass is 10.1. The zero-order chi connectivity index (χ0) is 12.4. The van der Waals surface area contributed by atoms with Crippen molar-refractivity contribution in [3.63, 3.8) is 0 Å². The number of benzene rings is 1. The third-order valence-corrected chi connectivity index (χ3v) is 4.06. The number of nitrogens with one attached hydrogen (secondary N) is 1. The van der Waals surface area contributed by atoms with E-state index in [-0.39, 0.29) is 0 Å². The Balaban J connectivity index is 1.86. The van der Waals surface area contributed by atoms with Crippen molar-refractivity contribution in [2.24, 2.45) is 0 Å². The van der Waals surface area contributed by atoms with Gasteiger partial charge in [-0.1, -0.05) is 49.0 Å². The SMILES string of the molecule is CCCc1nnc2n1NC(c1ccccc1)CS2. The van der Waals surface area contributed by atoms with Crippen LogP contribution in [0.3, 0.4) is 0 Å². The Hall–Kier alpha value is -1.49. The first kappa shape index (κ1) is 11.6. The standard InChI is InChI=1S/C13H16N4S/c1-2-6-12-14-15-13-17(12)16-11(9-18-13)10-7-4-3-5-8-10/h3-5,7-8,11,16H,2,6,9H2,1H3. The zero-order valence-electron chi connectivity index (χ0n) is 10.3. The van der Waals surface area contributed by atoms with Crippen LogP contribution in [0, 0.1) is 0 Å². The second-order valence-corrected chi connectivity index (χ2v) is 5.37. The molecule has 94 valence electrons. The predicted molar refractivity (Wildman–Crippen MR) is 73.3 cm³/mol. The van der Waals surface area contributed by atoms with Crippen molar-refractivity contribution >= 4 is 11.8 Å². The molecular weight excluding hydrogens is 244 g/mol. The van der Waals surface area contributed by atoms with Crippen LogP contribution in [0.25, 0.3) is 0 Å². The Bertz CT molecular complexity index is 523. The largest absolute Gasteiger partial charge is 0.314 e. The maximum absolute atomic E-state index is 4.25. The topological polar surface area (TPSA) is 42.7 Å². The highest BCUT2D eigenvalue weighted by molar-refractivity contribution is 7.99. The minimum atomic E-state index is 0.329. The smallest absolute Gasteiger partial charge is 0.210 e. The van der Waals surface area contributed by atoms with E-state index in [0.717, 1.165) is 29.6 Å². The molecule has 18 heavy (non-hydrogen) atoms. The summed E-state index contributed by atoms with van der Waals surface area (Å²) in [5.41, 5.74) is 4.83. The monoisotopic (exact) mass is 260 g/mol. The van der Waals surface area contributed by atoms with Gasteiger partial charge in [0.05, 0.1) is 6.04 Å². The van der Waals surface area contributed by atoms with E-state index in [9.17, 15) is 0 Å². The van der Waals surface area contributed by atoms with Crippen LogP contribution in [-0.2, 0) is 6.42 Å². The van der Waals surface area contributed by atoms with Crippen LogP contribution in [0.15, 0.2) is 35.5 Å². The summed E-state index contributed by atoms with van der Waals surface area (Å²) < 4.78 is 2.05. The molecule has 5 heteroatoms. The van der Waals surface area contributed by atoms with Gasteiger partial charge in [0.25, 0.3) is 0 Å². The second-order valence-electron chi connectivity index (χ2n) is 4.39. The first-order valence-corrected chi connectivity index (χ1v) is 7.25. The molecule has 0 radical (unpaired) electrons. The fourth-order valence-corrected chi connectivity index (χ4v) is 3.08. The van der Waals surface area contributed by atoms with Crippen molar-refractivity contribution in [1.29, 1.82) is 0 Å². The molecule has 2 heterocycles. The van der Waals surface area contributed by atoms with Crippen LogP contribution >= 0.6 is 11.8 Å². The second kappa shape index (κ2) is 5.02. The molecule has 1 aliphatic heterocycles. The highest BCUT2D eigenvalue weighted by atomic mass is 32.2. The Kier molecular flexibility index (Phi) is 3.23. The fraction of sp³-hybridized carbons (Fsp3) is 0.385. The van der Waals surface area contributed by atoms with Crippen LogP contribution in [0.2, 0.25) is 0 Å². The predicted octanol–water partition coefficient (Wildman–Crippen LogP) is 2.62. The van der Waals surface area contributed by atoms with E-state index >= 15 is 0 Å². The molecule has 0 saturated heterocycles. The number of aryl methyl sites for hydroxylation is 1. The molecule has 2 aromatic rings. The van der Waals surface area contributed by atoms with Crippen molar-refractivity contribution in [3.8, 4) is 0 Å². The lowest BCUT2D eigenvalue weighted by Crippen LogP contribution is -2.29. The highest BCUT2D eigenvalue weighted by Gasteiger charge is 2.23. The fourth-order valence-electron chi connectivity index (χ4n) is 2.12. The molecule has 0 aliphatic carbocycles. The maximum Gasteiger partial charge on any atom is 0.210 e. The molecule has 1 N–H and O–H groups in total. The minimum Gasteiger partial charge on any atom is -0.314 e. The van der Waals surface area contributed by atoms with Gasteiger partial charge >= 0.3 is 0 Å². The van der Waals surface area contributed by atoms with Gasteiger partial charge in [0.1, 0.15) is 0 Å². The lowest BCUT2D eigenvalue weighted by molar-refractivity contribution is 0.627. The van der Waals surface area contributed by atoms with E-state index in [4.69, 9.17) is 0 Å². The molecule has 1 aromatic heterocycles. The number of nitrogens with zero attached hydrogens (tertiary/aromatic N) is 3. The molecule has 1 atom stereocenters. The number of hydrogen-bond donors (Lipinski definition) is 1. The molecule has 0 saturated carbocycles.